The normalized spacial score (nSPS) is 12.4. The highest BCUT2D eigenvalue weighted by molar-refractivity contribution is 6.30. The fourth-order valence-electron chi connectivity index (χ4n) is 1.51. The van der Waals surface area contributed by atoms with Crippen LogP contribution in [-0.2, 0) is 16.5 Å². The van der Waals surface area contributed by atoms with E-state index in [1.165, 1.54) is 0 Å². The fourth-order valence-corrected chi connectivity index (χ4v) is 1.85. The second-order valence-corrected chi connectivity index (χ2v) is 4.70. The van der Waals surface area contributed by atoms with Crippen LogP contribution in [0.1, 0.15) is 17.4 Å². The highest BCUT2D eigenvalue weighted by atomic mass is 35.5. The van der Waals surface area contributed by atoms with Gasteiger partial charge in [0.2, 0.25) is 6.29 Å². The average molecular weight is 282 g/mol. The van der Waals surface area contributed by atoms with Crippen molar-refractivity contribution in [2.45, 2.75) is 12.9 Å². The molecule has 0 amide bonds. The molecule has 0 bridgehead atoms. The Hall–Kier alpha value is -1.06. The van der Waals surface area contributed by atoms with E-state index < -0.39 is 6.29 Å². The zero-order valence-electron chi connectivity index (χ0n) is 9.48. The second-order valence-electron chi connectivity index (χ2n) is 3.82. The average Bonchev–Trinajstić information content (AvgIpc) is 2.37. The van der Waals surface area contributed by atoms with Gasteiger partial charge in [0.05, 0.1) is 6.61 Å². The van der Waals surface area contributed by atoms with Crippen molar-refractivity contribution in [2.24, 2.45) is 0 Å². The van der Waals surface area contributed by atoms with Gasteiger partial charge in [-0.25, -0.2) is 0 Å². The lowest BCUT2D eigenvalue weighted by atomic mass is 10.2. The Morgan fingerprint density at radius 1 is 1.00 bits per heavy atom. The van der Waals surface area contributed by atoms with Crippen LogP contribution in [0.4, 0.5) is 0 Å². The topological polar surface area (TPSA) is 29.1 Å². The summed E-state index contributed by atoms with van der Waals surface area (Å²) >= 11 is 11.6. The Morgan fingerprint density at radius 2 is 1.72 bits per heavy atom. The summed E-state index contributed by atoms with van der Waals surface area (Å²) in [6, 6.07) is 13.9. The van der Waals surface area contributed by atoms with Gasteiger partial charge in [-0.15, -0.1) is 0 Å². The molecule has 0 aliphatic carbocycles. The number of rotatable bonds is 4. The molecule has 0 saturated carbocycles. The third-order valence-electron chi connectivity index (χ3n) is 2.43. The zero-order chi connectivity index (χ0) is 13.0. The summed E-state index contributed by atoms with van der Waals surface area (Å²) in [5.74, 6) is 0. The largest absolute Gasteiger partial charge is 0.341 e. The van der Waals surface area contributed by atoms with E-state index in [1.54, 1.807) is 36.4 Å². The van der Waals surface area contributed by atoms with Crippen LogP contribution in [0.2, 0.25) is 10.0 Å². The third-order valence-corrected chi connectivity index (χ3v) is 2.92. The van der Waals surface area contributed by atoms with Crippen LogP contribution in [0, 0.1) is 0 Å². The summed E-state index contributed by atoms with van der Waals surface area (Å²) < 4.78 is 5.25. The van der Waals surface area contributed by atoms with Crippen LogP contribution in [0.3, 0.4) is 0 Å². The highest BCUT2D eigenvalue weighted by Gasteiger charge is 2.09. The maximum atomic E-state index is 11.8. The molecule has 2 aromatic rings. The SMILES string of the molecule is [O]C(OCc1cccc(Cl)c1)c1ccc(Cl)cc1. The molecule has 0 fully saturated rings. The van der Waals surface area contributed by atoms with Crippen molar-refractivity contribution in [2.75, 3.05) is 0 Å². The monoisotopic (exact) mass is 281 g/mol. The van der Waals surface area contributed by atoms with Gasteiger partial charge in [0.25, 0.3) is 0 Å². The molecule has 0 N–H and O–H groups in total. The van der Waals surface area contributed by atoms with Crippen LogP contribution >= 0.6 is 23.2 Å². The van der Waals surface area contributed by atoms with E-state index in [9.17, 15) is 5.11 Å². The Balaban J connectivity index is 1.96. The zero-order valence-corrected chi connectivity index (χ0v) is 11.0. The summed E-state index contributed by atoms with van der Waals surface area (Å²) in [6.45, 7) is 0.233. The molecule has 0 aliphatic rings. The fraction of sp³-hybridized carbons (Fsp3) is 0.143. The Kier molecular flexibility index (Phi) is 4.61. The van der Waals surface area contributed by atoms with Crippen LogP contribution in [0.25, 0.3) is 0 Å². The van der Waals surface area contributed by atoms with Gasteiger partial charge in [-0.1, -0.05) is 47.5 Å². The number of benzene rings is 2. The quantitative estimate of drug-likeness (QED) is 0.751. The minimum atomic E-state index is -1.22. The summed E-state index contributed by atoms with van der Waals surface area (Å²) in [4.78, 5) is 0. The summed E-state index contributed by atoms with van der Waals surface area (Å²) in [5, 5.41) is 13.0. The number of halogens is 2. The van der Waals surface area contributed by atoms with Gasteiger partial charge in [0.1, 0.15) is 0 Å². The van der Waals surface area contributed by atoms with Gasteiger partial charge in [-0.05, 0) is 29.8 Å². The van der Waals surface area contributed by atoms with E-state index in [1.807, 2.05) is 12.1 Å². The molecule has 1 radical (unpaired) electrons. The third kappa shape index (κ3) is 3.72. The Labute approximate surface area is 116 Å². The number of hydrogen-bond donors (Lipinski definition) is 0. The molecule has 93 valence electrons. The van der Waals surface area contributed by atoms with E-state index in [0.717, 1.165) is 5.56 Å². The molecule has 2 aromatic carbocycles. The van der Waals surface area contributed by atoms with Crippen LogP contribution in [0.5, 0.6) is 0 Å². The second kappa shape index (κ2) is 6.21. The molecule has 0 aromatic heterocycles. The Morgan fingerprint density at radius 3 is 2.39 bits per heavy atom. The maximum Gasteiger partial charge on any atom is 0.217 e. The van der Waals surface area contributed by atoms with Crippen LogP contribution in [0.15, 0.2) is 48.5 Å². The molecule has 2 nitrogen and oxygen atoms in total. The van der Waals surface area contributed by atoms with Crippen molar-refractivity contribution in [3.63, 3.8) is 0 Å². The molecule has 0 aliphatic heterocycles. The van der Waals surface area contributed by atoms with Crippen LogP contribution < -0.4 is 0 Å². The molecule has 1 unspecified atom stereocenters. The molecule has 1 atom stereocenters. The first kappa shape index (κ1) is 13.4. The van der Waals surface area contributed by atoms with E-state index >= 15 is 0 Å². The molecule has 0 heterocycles. The standard InChI is InChI=1S/C14H11Cl2O2/c15-12-6-4-11(5-7-12)14(17)18-9-10-2-1-3-13(16)8-10/h1-8,14H,9H2. The highest BCUT2D eigenvalue weighted by Crippen LogP contribution is 2.20. The molecule has 0 spiro atoms. The molecule has 18 heavy (non-hydrogen) atoms. The minimum absolute atomic E-state index is 0.233. The lowest BCUT2D eigenvalue weighted by molar-refractivity contribution is -0.152. The van der Waals surface area contributed by atoms with Crippen molar-refractivity contribution in [3.05, 3.63) is 69.7 Å². The van der Waals surface area contributed by atoms with Gasteiger partial charge in [-0.3, -0.25) is 0 Å². The Bertz CT molecular complexity index is 511. The predicted molar refractivity (Wildman–Crippen MR) is 71.1 cm³/mol. The molecule has 0 saturated heterocycles. The lowest BCUT2D eigenvalue weighted by Crippen LogP contribution is -2.01. The van der Waals surface area contributed by atoms with E-state index in [4.69, 9.17) is 27.9 Å². The maximum absolute atomic E-state index is 11.8. The molecular weight excluding hydrogens is 271 g/mol. The van der Waals surface area contributed by atoms with Crippen LogP contribution in [-0.4, -0.2) is 0 Å². The smallest absolute Gasteiger partial charge is 0.217 e. The molecular formula is C14H11Cl2O2. The van der Waals surface area contributed by atoms with Crippen molar-refractivity contribution < 1.29 is 9.84 Å². The number of ether oxygens (including phenoxy) is 1. The van der Waals surface area contributed by atoms with Crippen molar-refractivity contribution in [1.29, 1.82) is 0 Å². The first-order valence-corrected chi connectivity index (χ1v) is 6.18. The van der Waals surface area contributed by atoms with E-state index in [-0.39, 0.29) is 6.61 Å². The van der Waals surface area contributed by atoms with Gasteiger partial charge in [-0.2, -0.15) is 5.11 Å². The summed E-state index contributed by atoms with van der Waals surface area (Å²) in [7, 11) is 0. The molecule has 2 rings (SSSR count). The van der Waals surface area contributed by atoms with E-state index in [2.05, 4.69) is 0 Å². The van der Waals surface area contributed by atoms with Crippen molar-refractivity contribution in [1.82, 2.24) is 0 Å². The van der Waals surface area contributed by atoms with Gasteiger partial charge in [0, 0.05) is 15.6 Å². The number of hydrogen-bond acceptors (Lipinski definition) is 1. The predicted octanol–water partition coefficient (Wildman–Crippen LogP) is 4.64. The summed E-state index contributed by atoms with van der Waals surface area (Å²) in [5.41, 5.74) is 1.43. The first-order valence-electron chi connectivity index (χ1n) is 5.42. The first-order chi connectivity index (χ1) is 8.65. The summed E-state index contributed by atoms with van der Waals surface area (Å²) in [6.07, 6.45) is -1.22. The van der Waals surface area contributed by atoms with Gasteiger partial charge < -0.3 is 4.74 Å². The lowest BCUT2D eigenvalue weighted by Gasteiger charge is -2.10. The minimum Gasteiger partial charge on any atom is -0.341 e. The van der Waals surface area contributed by atoms with Crippen molar-refractivity contribution >= 4 is 23.2 Å². The molecule has 4 heteroatoms. The van der Waals surface area contributed by atoms with Gasteiger partial charge in [0.15, 0.2) is 0 Å². The van der Waals surface area contributed by atoms with Crippen molar-refractivity contribution in [3.8, 4) is 0 Å². The van der Waals surface area contributed by atoms with E-state index in [0.29, 0.717) is 15.6 Å². The van der Waals surface area contributed by atoms with Gasteiger partial charge >= 0.3 is 0 Å².